The minimum Gasteiger partial charge on any atom is -0.493 e. The van der Waals surface area contributed by atoms with Crippen molar-refractivity contribution in [3.63, 3.8) is 0 Å². The molecule has 0 atom stereocenters. The molecule has 2 rings (SSSR count). The molecule has 0 aliphatic carbocycles. The lowest BCUT2D eigenvalue weighted by molar-refractivity contribution is -0.111. The van der Waals surface area contributed by atoms with Gasteiger partial charge in [-0.15, -0.1) is 0 Å². The summed E-state index contributed by atoms with van der Waals surface area (Å²) in [6.45, 7) is 0. The van der Waals surface area contributed by atoms with Gasteiger partial charge in [0.15, 0.2) is 11.5 Å². The Hall–Kier alpha value is -3.48. The molecule has 7 heteroatoms. The van der Waals surface area contributed by atoms with Crippen molar-refractivity contribution in [2.45, 2.75) is 0 Å². The Bertz CT molecular complexity index is 831. The molecule has 0 saturated carbocycles. The molecule has 7 nitrogen and oxygen atoms in total. The van der Waals surface area contributed by atoms with Crippen molar-refractivity contribution in [1.82, 2.24) is 0 Å². The van der Waals surface area contributed by atoms with E-state index in [2.05, 4.69) is 10.1 Å². The quantitative estimate of drug-likeness (QED) is 0.787. The lowest BCUT2D eigenvalue weighted by atomic mass is 10.1. The van der Waals surface area contributed by atoms with Crippen molar-refractivity contribution in [3.8, 4) is 11.5 Å². The number of nitrogens with one attached hydrogen (secondary N) is 1. The third kappa shape index (κ3) is 5.01. The zero-order chi connectivity index (χ0) is 19.8. The third-order valence-electron chi connectivity index (χ3n) is 3.82. The molecule has 2 amide bonds. The van der Waals surface area contributed by atoms with Crippen LogP contribution in [-0.4, -0.2) is 40.4 Å². The maximum absolute atomic E-state index is 12.2. The van der Waals surface area contributed by atoms with Gasteiger partial charge in [-0.05, 0) is 36.4 Å². The molecular weight excluding hydrogens is 348 g/mol. The molecule has 0 aliphatic rings. The summed E-state index contributed by atoms with van der Waals surface area (Å²) in [4.78, 5) is 25.0. The lowest BCUT2D eigenvalue weighted by Crippen LogP contribution is -2.25. The van der Waals surface area contributed by atoms with Gasteiger partial charge in [-0.3, -0.25) is 9.69 Å². The lowest BCUT2D eigenvalue weighted by Gasteiger charge is -2.15. The summed E-state index contributed by atoms with van der Waals surface area (Å²) in [6, 6.07) is 12.2. The van der Waals surface area contributed by atoms with E-state index in [1.165, 1.54) is 18.1 Å². The van der Waals surface area contributed by atoms with Crippen LogP contribution >= 0.6 is 0 Å². The Morgan fingerprint density at radius 3 is 2.30 bits per heavy atom. The number of ether oxygens (including phenoxy) is 3. The standard InChI is InChI=1S/C20H22N2O5/c1-22(20(24)27-4)16-11-9-15(10-12-16)21-18(23)13-8-14-6-5-7-17(25-2)19(14)26-3/h5-13H,1-4H3,(H,21,23)/b13-8+. The van der Waals surface area contributed by atoms with Crippen LogP contribution in [0.1, 0.15) is 5.56 Å². The maximum atomic E-state index is 12.2. The largest absolute Gasteiger partial charge is 0.493 e. The number of hydrogen-bond acceptors (Lipinski definition) is 5. The number of rotatable bonds is 6. The number of para-hydroxylation sites is 1. The summed E-state index contributed by atoms with van der Waals surface area (Å²) < 4.78 is 15.2. The molecule has 0 saturated heterocycles. The first-order valence-electron chi connectivity index (χ1n) is 8.12. The Labute approximate surface area is 158 Å². The van der Waals surface area contributed by atoms with Gasteiger partial charge in [0.1, 0.15) is 0 Å². The fourth-order valence-corrected chi connectivity index (χ4v) is 2.40. The third-order valence-corrected chi connectivity index (χ3v) is 3.82. The van der Waals surface area contributed by atoms with E-state index < -0.39 is 6.09 Å². The van der Waals surface area contributed by atoms with Crippen LogP contribution in [0.25, 0.3) is 6.08 Å². The topological polar surface area (TPSA) is 77.1 Å². The first kappa shape index (κ1) is 19.8. The van der Waals surface area contributed by atoms with Crippen LogP contribution in [0, 0.1) is 0 Å². The molecule has 2 aromatic rings. The zero-order valence-electron chi connectivity index (χ0n) is 15.7. The Morgan fingerprint density at radius 1 is 1.00 bits per heavy atom. The highest BCUT2D eigenvalue weighted by molar-refractivity contribution is 6.02. The van der Waals surface area contributed by atoms with Crippen molar-refractivity contribution in [2.75, 3.05) is 38.6 Å². The highest BCUT2D eigenvalue weighted by atomic mass is 16.5. The summed E-state index contributed by atoms with van der Waals surface area (Å²) in [7, 11) is 6.02. The highest BCUT2D eigenvalue weighted by Crippen LogP contribution is 2.31. The molecular formula is C20H22N2O5. The van der Waals surface area contributed by atoms with Crippen LogP contribution in [0.5, 0.6) is 11.5 Å². The van der Waals surface area contributed by atoms with Crippen LogP contribution in [-0.2, 0) is 9.53 Å². The highest BCUT2D eigenvalue weighted by Gasteiger charge is 2.10. The monoisotopic (exact) mass is 370 g/mol. The van der Waals surface area contributed by atoms with E-state index in [-0.39, 0.29) is 5.91 Å². The molecule has 0 spiro atoms. The van der Waals surface area contributed by atoms with Gasteiger partial charge in [0.25, 0.3) is 0 Å². The number of carbonyl (C=O) groups excluding carboxylic acids is 2. The molecule has 0 radical (unpaired) electrons. The summed E-state index contributed by atoms with van der Waals surface area (Å²) in [5.74, 6) is 0.846. The molecule has 0 aliphatic heterocycles. The smallest absolute Gasteiger partial charge is 0.413 e. The van der Waals surface area contributed by atoms with Crippen LogP contribution in [0.2, 0.25) is 0 Å². The van der Waals surface area contributed by atoms with E-state index >= 15 is 0 Å². The van der Waals surface area contributed by atoms with Gasteiger partial charge in [0.05, 0.1) is 21.3 Å². The SMILES string of the molecule is COC(=O)N(C)c1ccc(NC(=O)/C=C/c2cccc(OC)c2OC)cc1. The first-order chi connectivity index (χ1) is 13.0. The molecule has 0 fully saturated rings. The normalized spacial score (nSPS) is 10.4. The van der Waals surface area contributed by atoms with Crippen LogP contribution < -0.4 is 19.7 Å². The number of anilines is 2. The van der Waals surface area contributed by atoms with Crippen LogP contribution in [0.4, 0.5) is 16.2 Å². The molecule has 2 aromatic carbocycles. The molecule has 0 heterocycles. The van der Waals surface area contributed by atoms with Gasteiger partial charge >= 0.3 is 6.09 Å². The average molecular weight is 370 g/mol. The van der Waals surface area contributed by atoms with Gasteiger partial charge in [0, 0.05) is 30.1 Å². The Kier molecular flexibility index (Phi) is 6.82. The molecule has 0 unspecified atom stereocenters. The van der Waals surface area contributed by atoms with Gasteiger partial charge in [0.2, 0.25) is 5.91 Å². The number of carbonyl (C=O) groups is 2. The summed E-state index contributed by atoms with van der Waals surface area (Å²) in [5, 5.41) is 2.76. The van der Waals surface area contributed by atoms with Crippen LogP contribution in [0.3, 0.4) is 0 Å². The first-order valence-corrected chi connectivity index (χ1v) is 8.12. The zero-order valence-corrected chi connectivity index (χ0v) is 15.7. The van der Waals surface area contributed by atoms with Crippen molar-refractivity contribution >= 4 is 29.5 Å². The Morgan fingerprint density at radius 2 is 1.70 bits per heavy atom. The molecule has 0 aromatic heterocycles. The number of hydrogen-bond donors (Lipinski definition) is 1. The van der Waals surface area contributed by atoms with Gasteiger partial charge in [-0.2, -0.15) is 0 Å². The van der Waals surface area contributed by atoms with Gasteiger partial charge < -0.3 is 19.5 Å². The van der Waals surface area contributed by atoms with Crippen molar-refractivity contribution in [3.05, 3.63) is 54.1 Å². The van der Waals surface area contributed by atoms with Crippen molar-refractivity contribution in [1.29, 1.82) is 0 Å². The Balaban J connectivity index is 2.06. The number of nitrogens with zero attached hydrogens (tertiary/aromatic N) is 1. The predicted molar refractivity (Wildman–Crippen MR) is 104 cm³/mol. The maximum Gasteiger partial charge on any atom is 0.413 e. The molecule has 142 valence electrons. The fraction of sp³-hybridized carbons (Fsp3) is 0.200. The van der Waals surface area contributed by atoms with Crippen molar-refractivity contribution < 1.29 is 23.8 Å². The minimum atomic E-state index is -0.470. The van der Waals surface area contributed by atoms with E-state index in [1.807, 2.05) is 12.1 Å². The second kappa shape index (κ2) is 9.28. The minimum absolute atomic E-state index is 0.297. The molecule has 0 bridgehead atoms. The number of methoxy groups -OCH3 is 3. The fourth-order valence-electron chi connectivity index (χ4n) is 2.40. The number of amides is 2. The molecule has 27 heavy (non-hydrogen) atoms. The van der Waals surface area contributed by atoms with Gasteiger partial charge in [-0.1, -0.05) is 12.1 Å². The number of benzene rings is 2. The average Bonchev–Trinajstić information content (AvgIpc) is 2.71. The second-order valence-corrected chi connectivity index (χ2v) is 5.48. The van der Waals surface area contributed by atoms with Crippen LogP contribution in [0.15, 0.2) is 48.5 Å². The molecule has 1 N–H and O–H groups in total. The summed E-state index contributed by atoms with van der Waals surface area (Å²) in [6.07, 6.45) is 2.59. The van der Waals surface area contributed by atoms with Crippen molar-refractivity contribution in [2.24, 2.45) is 0 Å². The van der Waals surface area contributed by atoms with E-state index in [4.69, 9.17) is 9.47 Å². The summed E-state index contributed by atoms with van der Waals surface area (Å²) >= 11 is 0. The van der Waals surface area contributed by atoms with E-state index in [0.29, 0.717) is 22.9 Å². The van der Waals surface area contributed by atoms with E-state index in [9.17, 15) is 9.59 Å². The predicted octanol–water partition coefficient (Wildman–Crippen LogP) is 3.56. The summed E-state index contributed by atoms with van der Waals surface area (Å²) in [5.41, 5.74) is 1.97. The van der Waals surface area contributed by atoms with Gasteiger partial charge in [-0.25, -0.2) is 4.79 Å². The van der Waals surface area contributed by atoms with E-state index in [1.54, 1.807) is 57.7 Å². The van der Waals surface area contributed by atoms with E-state index in [0.717, 1.165) is 5.56 Å². The second-order valence-electron chi connectivity index (χ2n) is 5.48.